The second kappa shape index (κ2) is 19.3. The average Bonchev–Trinajstić information content (AvgIpc) is 2.57. The van der Waals surface area contributed by atoms with Crippen LogP contribution in [0.4, 0.5) is 0 Å². The first-order chi connectivity index (χ1) is 11.3. The van der Waals surface area contributed by atoms with E-state index in [-0.39, 0.29) is 5.97 Å². The standard InChI is InChI=1S/C21H39O2/c1-3-5-6-7-8-9-10-11-12-13-14-15-16-17-18-19-20-23-21(22)4-2/h4H,1-3,5-20H2. The third-order valence-corrected chi connectivity index (χ3v) is 4.31. The predicted octanol–water partition coefficient (Wildman–Crippen LogP) is 6.79. The van der Waals surface area contributed by atoms with Gasteiger partial charge in [0, 0.05) is 6.08 Å². The molecule has 2 heteroatoms. The summed E-state index contributed by atoms with van der Waals surface area (Å²) in [6.45, 7) is 7.80. The lowest BCUT2D eigenvalue weighted by molar-refractivity contribution is -0.137. The van der Waals surface area contributed by atoms with Gasteiger partial charge < -0.3 is 4.74 Å². The van der Waals surface area contributed by atoms with Crippen LogP contribution in [0.2, 0.25) is 0 Å². The molecule has 0 saturated carbocycles. The molecule has 0 heterocycles. The second-order valence-corrected chi connectivity index (χ2v) is 6.53. The number of hydrogen-bond donors (Lipinski definition) is 0. The molecule has 0 saturated heterocycles. The van der Waals surface area contributed by atoms with E-state index in [0.29, 0.717) is 6.61 Å². The molecule has 0 spiro atoms. The first-order valence-corrected chi connectivity index (χ1v) is 9.89. The molecule has 1 radical (unpaired) electrons. The molecule has 0 aliphatic carbocycles. The van der Waals surface area contributed by atoms with Crippen LogP contribution in [0.15, 0.2) is 12.7 Å². The highest BCUT2D eigenvalue weighted by Gasteiger charge is 1.96. The van der Waals surface area contributed by atoms with Crippen molar-refractivity contribution in [3.05, 3.63) is 19.6 Å². The number of ether oxygens (including phenoxy) is 1. The maximum absolute atomic E-state index is 10.8. The highest BCUT2D eigenvalue weighted by molar-refractivity contribution is 5.81. The van der Waals surface area contributed by atoms with E-state index < -0.39 is 0 Å². The minimum Gasteiger partial charge on any atom is -0.463 e. The Bertz CT molecular complexity index is 261. The van der Waals surface area contributed by atoms with Gasteiger partial charge in [0.1, 0.15) is 0 Å². The molecule has 2 nitrogen and oxygen atoms in total. The maximum atomic E-state index is 10.8. The van der Waals surface area contributed by atoms with Crippen molar-refractivity contribution in [1.82, 2.24) is 0 Å². The van der Waals surface area contributed by atoms with Crippen molar-refractivity contribution < 1.29 is 9.53 Å². The van der Waals surface area contributed by atoms with Crippen molar-refractivity contribution in [1.29, 1.82) is 0 Å². The normalized spacial score (nSPS) is 10.7. The van der Waals surface area contributed by atoms with Crippen molar-refractivity contribution in [3.63, 3.8) is 0 Å². The lowest BCUT2D eigenvalue weighted by Crippen LogP contribution is -2.01. The molecule has 0 atom stereocenters. The summed E-state index contributed by atoms with van der Waals surface area (Å²) in [7, 11) is 0. The van der Waals surface area contributed by atoms with E-state index in [9.17, 15) is 4.79 Å². The Morgan fingerprint density at radius 1 is 0.652 bits per heavy atom. The van der Waals surface area contributed by atoms with Crippen molar-refractivity contribution in [2.75, 3.05) is 6.61 Å². The molecule has 0 aromatic heterocycles. The molecule has 0 aliphatic heterocycles. The van der Waals surface area contributed by atoms with Gasteiger partial charge in [0.15, 0.2) is 0 Å². The van der Waals surface area contributed by atoms with Gasteiger partial charge in [-0.3, -0.25) is 0 Å². The van der Waals surface area contributed by atoms with E-state index in [4.69, 9.17) is 4.74 Å². The number of esters is 1. The fourth-order valence-corrected chi connectivity index (χ4v) is 2.81. The number of carbonyl (C=O) groups excluding carboxylic acids is 1. The van der Waals surface area contributed by atoms with E-state index in [1.807, 2.05) is 0 Å². The van der Waals surface area contributed by atoms with Crippen LogP contribution in [0.5, 0.6) is 0 Å². The monoisotopic (exact) mass is 323 g/mol. The molecule has 0 aromatic rings. The SMILES string of the molecule is [CH2]CCCCCCCCCCCCCCCCCOC(=O)C=C. The lowest BCUT2D eigenvalue weighted by atomic mass is 10.0. The minimum absolute atomic E-state index is 0.303. The zero-order valence-corrected chi connectivity index (χ0v) is 15.3. The van der Waals surface area contributed by atoms with Crippen LogP contribution in [0.3, 0.4) is 0 Å². The third kappa shape index (κ3) is 19.2. The fourth-order valence-electron chi connectivity index (χ4n) is 2.81. The van der Waals surface area contributed by atoms with Gasteiger partial charge in [-0.2, -0.15) is 0 Å². The van der Waals surface area contributed by atoms with Crippen LogP contribution < -0.4 is 0 Å². The molecule has 0 N–H and O–H groups in total. The Kier molecular flexibility index (Phi) is 18.6. The van der Waals surface area contributed by atoms with E-state index in [0.717, 1.165) is 12.8 Å². The number of unbranched alkanes of at least 4 members (excludes halogenated alkanes) is 15. The van der Waals surface area contributed by atoms with E-state index in [2.05, 4.69) is 13.5 Å². The Balaban J connectivity index is 3.00. The molecule has 135 valence electrons. The fraction of sp³-hybridized carbons (Fsp3) is 0.810. The summed E-state index contributed by atoms with van der Waals surface area (Å²) in [5.41, 5.74) is 0. The summed E-state index contributed by atoms with van der Waals surface area (Å²) in [6.07, 6.45) is 22.4. The zero-order chi connectivity index (χ0) is 17.0. The smallest absolute Gasteiger partial charge is 0.330 e. The van der Waals surface area contributed by atoms with Crippen LogP contribution in [0, 0.1) is 6.92 Å². The summed E-state index contributed by atoms with van der Waals surface area (Å²) >= 11 is 0. The first kappa shape index (κ1) is 22.2. The van der Waals surface area contributed by atoms with Crippen LogP contribution in [0.1, 0.15) is 103 Å². The highest BCUT2D eigenvalue weighted by atomic mass is 16.5. The van der Waals surface area contributed by atoms with Crippen molar-refractivity contribution >= 4 is 5.97 Å². The molecule has 0 rings (SSSR count). The quantitative estimate of drug-likeness (QED) is 0.158. The molecule has 0 aromatic carbocycles. The Labute approximate surface area is 145 Å². The van der Waals surface area contributed by atoms with Gasteiger partial charge >= 0.3 is 5.97 Å². The van der Waals surface area contributed by atoms with Crippen LogP contribution >= 0.6 is 0 Å². The largest absolute Gasteiger partial charge is 0.463 e. The summed E-state index contributed by atoms with van der Waals surface area (Å²) in [6, 6.07) is 0. The minimum atomic E-state index is -0.303. The van der Waals surface area contributed by atoms with Gasteiger partial charge in [-0.1, -0.05) is 110 Å². The summed E-state index contributed by atoms with van der Waals surface area (Å²) < 4.78 is 4.95. The predicted molar refractivity (Wildman–Crippen MR) is 100 cm³/mol. The van der Waals surface area contributed by atoms with Gasteiger partial charge in [-0.15, -0.1) is 0 Å². The zero-order valence-electron chi connectivity index (χ0n) is 15.3. The molecule has 0 fully saturated rings. The topological polar surface area (TPSA) is 26.3 Å². The number of carbonyl (C=O) groups is 1. The highest BCUT2D eigenvalue weighted by Crippen LogP contribution is 2.13. The molecule has 0 unspecified atom stereocenters. The van der Waals surface area contributed by atoms with Gasteiger partial charge in [-0.25, -0.2) is 4.79 Å². The number of hydrogen-bond acceptors (Lipinski definition) is 2. The second-order valence-electron chi connectivity index (χ2n) is 6.53. The first-order valence-electron chi connectivity index (χ1n) is 9.89. The van der Waals surface area contributed by atoms with E-state index >= 15 is 0 Å². The van der Waals surface area contributed by atoms with E-state index in [1.165, 1.54) is 96.0 Å². The number of rotatable bonds is 18. The van der Waals surface area contributed by atoms with Crippen LogP contribution in [-0.4, -0.2) is 12.6 Å². The molecule has 0 aliphatic rings. The van der Waals surface area contributed by atoms with Crippen molar-refractivity contribution in [3.8, 4) is 0 Å². The summed E-state index contributed by atoms with van der Waals surface area (Å²) in [4.78, 5) is 10.8. The average molecular weight is 324 g/mol. The maximum Gasteiger partial charge on any atom is 0.330 e. The van der Waals surface area contributed by atoms with E-state index in [1.54, 1.807) is 0 Å². The summed E-state index contributed by atoms with van der Waals surface area (Å²) in [5, 5.41) is 0. The van der Waals surface area contributed by atoms with Crippen molar-refractivity contribution in [2.45, 2.75) is 103 Å². The molecule has 0 amide bonds. The molecular formula is C21H39O2. The van der Waals surface area contributed by atoms with Crippen LogP contribution in [0.25, 0.3) is 0 Å². The Morgan fingerprint density at radius 2 is 1.00 bits per heavy atom. The molecule has 23 heavy (non-hydrogen) atoms. The van der Waals surface area contributed by atoms with Crippen LogP contribution in [-0.2, 0) is 9.53 Å². The van der Waals surface area contributed by atoms with Crippen molar-refractivity contribution in [2.24, 2.45) is 0 Å². The van der Waals surface area contributed by atoms with Gasteiger partial charge in [0.05, 0.1) is 6.61 Å². The molecule has 0 bridgehead atoms. The Morgan fingerprint density at radius 3 is 1.35 bits per heavy atom. The lowest BCUT2D eigenvalue weighted by Gasteiger charge is -2.04. The molecular weight excluding hydrogens is 284 g/mol. The third-order valence-electron chi connectivity index (χ3n) is 4.31. The van der Waals surface area contributed by atoms with Gasteiger partial charge in [0.2, 0.25) is 0 Å². The summed E-state index contributed by atoms with van der Waals surface area (Å²) in [5.74, 6) is -0.303. The van der Waals surface area contributed by atoms with Gasteiger partial charge in [-0.05, 0) is 6.42 Å². The Hall–Kier alpha value is -0.790. The van der Waals surface area contributed by atoms with Gasteiger partial charge in [0.25, 0.3) is 0 Å².